The molecule has 0 amide bonds. The Hall–Kier alpha value is -0.157. The van der Waals surface area contributed by atoms with Gasteiger partial charge in [0.25, 0.3) is 0 Å². The van der Waals surface area contributed by atoms with E-state index in [-0.39, 0.29) is 19.5 Å². The Labute approximate surface area is 80.8 Å². The average molecular weight is 234 g/mol. The molecule has 1 aromatic carbocycles. The van der Waals surface area contributed by atoms with Crippen LogP contribution in [0.3, 0.4) is 0 Å². The van der Waals surface area contributed by atoms with Gasteiger partial charge in [0, 0.05) is 19.5 Å². The monoisotopic (exact) mass is 234 g/mol. The first-order valence-corrected chi connectivity index (χ1v) is 3.76. The molecule has 1 saturated carbocycles. The third-order valence-corrected chi connectivity index (χ3v) is 2.15. The van der Waals surface area contributed by atoms with Crippen molar-refractivity contribution >= 4 is 0 Å². The summed E-state index contributed by atoms with van der Waals surface area (Å²) in [7, 11) is 0. The Morgan fingerprint density at radius 1 is 1.18 bits per heavy atom. The molecule has 1 radical (unpaired) electrons. The van der Waals surface area contributed by atoms with E-state index in [0.29, 0.717) is 5.92 Å². The van der Waals surface area contributed by atoms with Crippen molar-refractivity contribution in [1.82, 2.24) is 0 Å². The van der Waals surface area contributed by atoms with Gasteiger partial charge in [-0.2, -0.15) is 5.92 Å². The van der Waals surface area contributed by atoms with Crippen LogP contribution in [0.1, 0.15) is 17.9 Å². The predicted octanol–water partition coefficient (Wildman–Crippen LogP) is 2.62. The molecular formula is C10H11Rh-. The molecule has 0 aliphatic heterocycles. The topological polar surface area (TPSA) is 0 Å². The molecule has 0 heterocycles. The summed E-state index contributed by atoms with van der Waals surface area (Å²) in [5, 5.41) is 0. The Morgan fingerprint density at radius 3 is 2.18 bits per heavy atom. The van der Waals surface area contributed by atoms with Crippen molar-refractivity contribution in [2.45, 2.75) is 12.3 Å². The zero-order valence-electron chi connectivity index (χ0n) is 6.29. The minimum absolute atomic E-state index is 0. The van der Waals surface area contributed by atoms with Crippen LogP contribution in [0.5, 0.6) is 0 Å². The normalized spacial score (nSPS) is 27.4. The van der Waals surface area contributed by atoms with E-state index in [0.717, 1.165) is 5.92 Å². The number of hydrogen-bond acceptors (Lipinski definition) is 0. The number of benzene rings is 1. The van der Waals surface area contributed by atoms with Crippen molar-refractivity contribution in [3.8, 4) is 0 Å². The van der Waals surface area contributed by atoms with Crippen LogP contribution in [0.2, 0.25) is 0 Å². The summed E-state index contributed by atoms with van der Waals surface area (Å²) in [6.45, 7) is 4.01. The predicted molar refractivity (Wildman–Crippen MR) is 42.6 cm³/mol. The largest absolute Gasteiger partial charge is 0.340 e. The SMILES string of the molecule is [CH2-]C1CC1c1ccccc1.[Rh]. The standard InChI is InChI=1S/C10H11.Rh/c1-8-7-10(8)9-5-3-2-4-6-9;/h2-6,8,10H,1,7H2;/q-1;. The molecule has 61 valence electrons. The van der Waals surface area contributed by atoms with Crippen LogP contribution in [0.25, 0.3) is 0 Å². The summed E-state index contributed by atoms with van der Waals surface area (Å²) < 4.78 is 0. The smallest absolute Gasteiger partial charge is 0 e. The van der Waals surface area contributed by atoms with Crippen LogP contribution in [0.4, 0.5) is 0 Å². The van der Waals surface area contributed by atoms with Gasteiger partial charge in [-0.3, -0.25) is 0 Å². The third kappa shape index (κ3) is 1.90. The van der Waals surface area contributed by atoms with Crippen molar-refractivity contribution in [2.24, 2.45) is 5.92 Å². The molecule has 1 aliphatic rings. The van der Waals surface area contributed by atoms with Gasteiger partial charge in [-0.05, 0) is 11.5 Å². The molecule has 0 aromatic heterocycles. The van der Waals surface area contributed by atoms with Gasteiger partial charge in [0.15, 0.2) is 0 Å². The first kappa shape index (κ1) is 8.94. The van der Waals surface area contributed by atoms with E-state index in [4.69, 9.17) is 0 Å². The van der Waals surface area contributed by atoms with Crippen molar-refractivity contribution in [3.05, 3.63) is 42.8 Å². The molecule has 1 aliphatic carbocycles. The van der Waals surface area contributed by atoms with E-state index < -0.39 is 0 Å². The minimum Gasteiger partial charge on any atom is -0.340 e. The molecule has 0 bridgehead atoms. The maximum absolute atomic E-state index is 4.01. The maximum atomic E-state index is 4.01. The Bertz CT molecular complexity index is 218. The summed E-state index contributed by atoms with van der Waals surface area (Å²) in [5.41, 5.74) is 1.46. The molecular weight excluding hydrogens is 223 g/mol. The summed E-state index contributed by atoms with van der Waals surface area (Å²) >= 11 is 0. The first-order valence-electron chi connectivity index (χ1n) is 3.76. The molecule has 2 rings (SSSR count). The fourth-order valence-electron chi connectivity index (χ4n) is 1.36. The summed E-state index contributed by atoms with van der Waals surface area (Å²) in [5.74, 6) is 1.45. The molecule has 0 spiro atoms. The van der Waals surface area contributed by atoms with Gasteiger partial charge < -0.3 is 6.92 Å². The van der Waals surface area contributed by atoms with Gasteiger partial charge in [0.1, 0.15) is 0 Å². The minimum atomic E-state index is 0. The molecule has 0 nitrogen and oxygen atoms in total. The van der Waals surface area contributed by atoms with Gasteiger partial charge in [-0.1, -0.05) is 36.8 Å². The Balaban J connectivity index is 0.000000605. The Kier molecular flexibility index (Phi) is 2.84. The second kappa shape index (κ2) is 3.49. The van der Waals surface area contributed by atoms with E-state index in [1.165, 1.54) is 12.0 Å². The molecule has 2 unspecified atom stereocenters. The molecule has 2 atom stereocenters. The van der Waals surface area contributed by atoms with Gasteiger partial charge >= 0.3 is 0 Å². The van der Waals surface area contributed by atoms with E-state index in [1.54, 1.807) is 0 Å². The van der Waals surface area contributed by atoms with E-state index in [9.17, 15) is 0 Å². The van der Waals surface area contributed by atoms with Crippen LogP contribution in [-0.4, -0.2) is 0 Å². The zero-order valence-corrected chi connectivity index (χ0v) is 7.93. The van der Waals surface area contributed by atoms with Gasteiger partial charge in [0.05, 0.1) is 0 Å². The van der Waals surface area contributed by atoms with Crippen molar-refractivity contribution in [2.75, 3.05) is 0 Å². The summed E-state index contributed by atoms with van der Waals surface area (Å²) in [6, 6.07) is 10.6. The van der Waals surface area contributed by atoms with Crippen LogP contribution in [0.15, 0.2) is 30.3 Å². The van der Waals surface area contributed by atoms with Gasteiger partial charge in [-0.25, -0.2) is 0 Å². The van der Waals surface area contributed by atoms with Crippen LogP contribution in [0, 0.1) is 12.8 Å². The quantitative estimate of drug-likeness (QED) is 0.517. The van der Waals surface area contributed by atoms with Crippen molar-refractivity contribution in [1.29, 1.82) is 0 Å². The van der Waals surface area contributed by atoms with E-state index in [2.05, 4.69) is 37.3 Å². The van der Waals surface area contributed by atoms with Crippen LogP contribution >= 0.6 is 0 Å². The molecule has 1 fully saturated rings. The molecule has 1 aromatic rings. The summed E-state index contributed by atoms with van der Waals surface area (Å²) in [6.07, 6.45) is 1.28. The van der Waals surface area contributed by atoms with Crippen LogP contribution < -0.4 is 0 Å². The number of rotatable bonds is 1. The summed E-state index contributed by atoms with van der Waals surface area (Å²) in [4.78, 5) is 0. The molecule has 11 heavy (non-hydrogen) atoms. The second-order valence-corrected chi connectivity index (χ2v) is 3.01. The Morgan fingerprint density at radius 2 is 1.73 bits per heavy atom. The molecule has 1 heteroatoms. The van der Waals surface area contributed by atoms with Crippen molar-refractivity contribution in [3.63, 3.8) is 0 Å². The third-order valence-electron chi connectivity index (χ3n) is 2.15. The van der Waals surface area contributed by atoms with Crippen LogP contribution in [-0.2, 0) is 19.5 Å². The van der Waals surface area contributed by atoms with E-state index in [1.807, 2.05) is 0 Å². The molecule has 0 saturated heterocycles. The first-order chi connectivity index (χ1) is 4.88. The fraction of sp³-hybridized carbons (Fsp3) is 0.300. The van der Waals surface area contributed by atoms with Gasteiger partial charge in [-0.15, -0.1) is 0 Å². The second-order valence-electron chi connectivity index (χ2n) is 3.01. The fourth-order valence-corrected chi connectivity index (χ4v) is 1.36. The maximum Gasteiger partial charge on any atom is 0 e. The van der Waals surface area contributed by atoms with E-state index >= 15 is 0 Å². The van der Waals surface area contributed by atoms with Gasteiger partial charge in [0.2, 0.25) is 0 Å². The zero-order chi connectivity index (χ0) is 6.97. The number of hydrogen-bond donors (Lipinski definition) is 0. The molecule has 0 N–H and O–H groups in total. The average Bonchev–Trinajstić information content (AvgIpc) is 2.69. The van der Waals surface area contributed by atoms with Crippen molar-refractivity contribution < 1.29 is 19.5 Å².